The lowest BCUT2D eigenvalue weighted by Crippen LogP contribution is -2.12. The summed E-state index contributed by atoms with van der Waals surface area (Å²) in [7, 11) is -2.95. The minimum absolute atomic E-state index is 0.0373. The van der Waals surface area contributed by atoms with Crippen LogP contribution in [0.25, 0.3) is 39.5 Å². The summed E-state index contributed by atoms with van der Waals surface area (Å²) in [4.78, 5) is 8.91. The normalized spacial score (nSPS) is 12.8. The number of aromatic nitrogens is 5. The SMILES string of the molecule is CC(C)Oc1nc(-c2ccccc2C(F)(F)F)cc2c1nc(-c1c(Cl)c(C(C)(C)C)nn1C)n2-c1cccc(S(=O)(=O)O)c1. The monoisotopic (exact) mass is 647 g/mol. The maximum atomic E-state index is 14.1. The third kappa shape index (κ3) is 5.78. The van der Waals surface area contributed by atoms with E-state index in [0.717, 1.165) is 6.07 Å². The summed E-state index contributed by atoms with van der Waals surface area (Å²) < 4.78 is 85.3. The van der Waals surface area contributed by atoms with Gasteiger partial charge in [-0.1, -0.05) is 56.6 Å². The Hall–Kier alpha value is -3.94. The summed E-state index contributed by atoms with van der Waals surface area (Å²) in [6, 6.07) is 11.9. The first-order valence-electron chi connectivity index (χ1n) is 13.5. The number of fused-ring (bicyclic) bond motifs is 1. The average molecular weight is 648 g/mol. The lowest BCUT2D eigenvalue weighted by Gasteiger charge is -2.16. The van der Waals surface area contributed by atoms with Gasteiger partial charge < -0.3 is 4.74 Å². The van der Waals surface area contributed by atoms with Crippen molar-refractivity contribution < 1.29 is 30.9 Å². The van der Waals surface area contributed by atoms with Crippen LogP contribution in [0.5, 0.6) is 5.88 Å². The van der Waals surface area contributed by atoms with Crippen LogP contribution < -0.4 is 4.74 Å². The van der Waals surface area contributed by atoms with Gasteiger partial charge in [0, 0.05) is 23.7 Å². The van der Waals surface area contributed by atoms with E-state index in [1.807, 2.05) is 20.8 Å². The van der Waals surface area contributed by atoms with Gasteiger partial charge >= 0.3 is 6.18 Å². The van der Waals surface area contributed by atoms with Crippen molar-refractivity contribution in [3.05, 3.63) is 70.9 Å². The van der Waals surface area contributed by atoms with Crippen molar-refractivity contribution in [2.24, 2.45) is 7.05 Å². The molecule has 14 heteroatoms. The first kappa shape index (κ1) is 31.5. The predicted molar refractivity (Wildman–Crippen MR) is 161 cm³/mol. The molecule has 5 aromatic rings. The highest BCUT2D eigenvalue weighted by Crippen LogP contribution is 2.42. The smallest absolute Gasteiger partial charge is 0.417 e. The number of nitrogens with zero attached hydrogens (tertiary/aromatic N) is 5. The van der Waals surface area contributed by atoms with Gasteiger partial charge in [-0.15, -0.1) is 0 Å². The van der Waals surface area contributed by atoms with Gasteiger partial charge in [-0.05, 0) is 44.2 Å². The first-order valence-corrected chi connectivity index (χ1v) is 15.3. The molecule has 0 saturated heterocycles. The zero-order valence-corrected chi connectivity index (χ0v) is 26.2. The van der Waals surface area contributed by atoms with Crippen LogP contribution in [0, 0.1) is 0 Å². The van der Waals surface area contributed by atoms with Crippen LogP contribution in [0.1, 0.15) is 45.9 Å². The van der Waals surface area contributed by atoms with Crippen molar-refractivity contribution in [3.8, 4) is 34.3 Å². The molecule has 232 valence electrons. The fraction of sp³-hybridized carbons (Fsp3) is 0.300. The summed E-state index contributed by atoms with van der Waals surface area (Å²) in [5.74, 6) is 0.157. The number of rotatable bonds is 6. The van der Waals surface area contributed by atoms with Gasteiger partial charge in [-0.3, -0.25) is 13.8 Å². The number of aryl methyl sites for hydroxylation is 1. The number of ether oxygens (including phenoxy) is 1. The van der Waals surface area contributed by atoms with E-state index in [4.69, 9.17) is 21.3 Å². The maximum Gasteiger partial charge on any atom is 0.417 e. The third-order valence-corrected chi connectivity index (χ3v) is 7.96. The summed E-state index contributed by atoms with van der Waals surface area (Å²) in [6.45, 7) is 9.29. The molecule has 0 aliphatic carbocycles. The van der Waals surface area contributed by atoms with E-state index in [1.54, 1.807) is 27.0 Å². The second kappa shape index (κ2) is 10.9. The van der Waals surface area contributed by atoms with E-state index >= 15 is 0 Å². The van der Waals surface area contributed by atoms with E-state index in [-0.39, 0.29) is 44.7 Å². The number of alkyl halides is 3. The van der Waals surface area contributed by atoms with Crippen molar-refractivity contribution >= 4 is 32.8 Å². The van der Waals surface area contributed by atoms with Crippen molar-refractivity contribution in [2.45, 2.75) is 57.2 Å². The molecule has 3 aromatic heterocycles. The van der Waals surface area contributed by atoms with E-state index in [0.29, 0.717) is 11.4 Å². The lowest BCUT2D eigenvalue weighted by atomic mass is 9.92. The van der Waals surface area contributed by atoms with Gasteiger partial charge in [0.25, 0.3) is 10.1 Å². The minimum Gasteiger partial charge on any atom is -0.473 e. The second-order valence-corrected chi connectivity index (χ2v) is 13.3. The Bertz CT molecular complexity index is 2010. The number of pyridine rings is 1. The Labute approximate surface area is 257 Å². The summed E-state index contributed by atoms with van der Waals surface area (Å²) >= 11 is 6.92. The highest BCUT2D eigenvalue weighted by molar-refractivity contribution is 7.85. The summed E-state index contributed by atoms with van der Waals surface area (Å²) in [5, 5.41) is 4.90. The Morgan fingerprint density at radius 3 is 2.27 bits per heavy atom. The Kier molecular flexibility index (Phi) is 7.80. The molecular weight excluding hydrogens is 619 g/mol. The Morgan fingerprint density at radius 1 is 1.00 bits per heavy atom. The van der Waals surface area contributed by atoms with E-state index in [9.17, 15) is 26.1 Å². The number of hydrogen-bond acceptors (Lipinski definition) is 6. The standard InChI is InChI=1S/C30H29ClF3N5O4S/c1-16(2)43-28-24-22(15-21(35-28)19-12-7-8-13-20(19)30(32,33)34)39(17-10-9-11-18(14-17)44(40,41)42)27(36-24)25-23(31)26(29(3,4)5)37-38(25)6/h7-16H,1-6H3,(H,40,41,42). The molecule has 0 saturated carbocycles. The van der Waals surface area contributed by atoms with Crippen LogP contribution in [-0.4, -0.2) is 43.4 Å². The third-order valence-electron chi connectivity index (χ3n) is 6.75. The molecule has 2 aromatic carbocycles. The van der Waals surface area contributed by atoms with Gasteiger partial charge in [-0.2, -0.15) is 26.7 Å². The fourth-order valence-electron chi connectivity index (χ4n) is 4.87. The molecule has 0 aliphatic rings. The molecule has 0 unspecified atom stereocenters. The molecule has 0 atom stereocenters. The van der Waals surface area contributed by atoms with Crippen LogP contribution in [0.2, 0.25) is 5.02 Å². The van der Waals surface area contributed by atoms with Crippen LogP contribution in [0.4, 0.5) is 13.2 Å². The molecule has 0 fully saturated rings. The Morgan fingerprint density at radius 2 is 1.68 bits per heavy atom. The number of hydrogen-bond donors (Lipinski definition) is 1. The molecule has 44 heavy (non-hydrogen) atoms. The molecule has 0 aliphatic heterocycles. The fourth-order valence-corrected chi connectivity index (χ4v) is 5.92. The number of halogens is 4. The van der Waals surface area contributed by atoms with Gasteiger partial charge in [-0.25, -0.2) is 9.97 Å². The number of benzene rings is 2. The molecule has 0 radical (unpaired) electrons. The minimum atomic E-state index is -4.67. The van der Waals surface area contributed by atoms with Crippen LogP contribution in [0.3, 0.4) is 0 Å². The molecular formula is C30H29ClF3N5O4S. The quantitative estimate of drug-likeness (QED) is 0.190. The molecule has 3 heterocycles. The van der Waals surface area contributed by atoms with Crippen LogP contribution >= 0.6 is 11.6 Å². The second-order valence-electron chi connectivity index (χ2n) is 11.5. The van der Waals surface area contributed by atoms with E-state index in [1.165, 1.54) is 51.7 Å². The van der Waals surface area contributed by atoms with Gasteiger partial charge in [0.15, 0.2) is 11.3 Å². The molecule has 0 bridgehead atoms. The van der Waals surface area contributed by atoms with Gasteiger partial charge in [0.05, 0.1) is 38.5 Å². The predicted octanol–water partition coefficient (Wildman–Crippen LogP) is 7.49. The number of imidazole rings is 1. The molecule has 5 rings (SSSR count). The zero-order valence-electron chi connectivity index (χ0n) is 24.6. The highest BCUT2D eigenvalue weighted by atomic mass is 35.5. The summed E-state index contributed by atoms with van der Waals surface area (Å²) in [5.41, 5.74) is -0.00644. The first-order chi connectivity index (χ1) is 20.4. The van der Waals surface area contributed by atoms with Gasteiger partial charge in [0.2, 0.25) is 5.88 Å². The van der Waals surface area contributed by atoms with Crippen LogP contribution in [-0.2, 0) is 28.8 Å². The van der Waals surface area contributed by atoms with Crippen molar-refractivity contribution in [1.82, 2.24) is 24.3 Å². The highest BCUT2D eigenvalue weighted by Gasteiger charge is 2.35. The topological polar surface area (TPSA) is 112 Å². The van der Waals surface area contributed by atoms with Gasteiger partial charge in [0.1, 0.15) is 5.69 Å². The van der Waals surface area contributed by atoms with Crippen LogP contribution in [0.15, 0.2) is 59.5 Å². The average Bonchev–Trinajstić information content (AvgIpc) is 3.43. The largest absolute Gasteiger partial charge is 0.473 e. The van der Waals surface area contributed by atoms with Crippen molar-refractivity contribution in [2.75, 3.05) is 0 Å². The lowest BCUT2D eigenvalue weighted by molar-refractivity contribution is -0.137. The molecule has 9 nitrogen and oxygen atoms in total. The molecule has 0 amide bonds. The molecule has 0 spiro atoms. The maximum absolute atomic E-state index is 14.1. The van der Waals surface area contributed by atoms with Crippen molar-refractivity contribution in [1.29, 1.82) is 0 Å². The van der Waals surface area contributed by atoms with E-state index < -0.39 is 38.3 Å². The van der Waals surface area contributed by atoms with Crippen molar-refractivity contribution in [3.63, 3.8) is 0 Å². The van der Waals surface area contributed by atoms with E-state index in [2.05, 4.69) is 10.1 Å². The zero-order chi connectivity index (χ0) is 32.4. The molecule has 1 N–H and O–H groups in total. The Balaban J connectivity index is 1.95. The summed E-state index contributed by atoms with van der Waals surface area (Å²) in [6.07, 6.45) is -5.10.